The van der Waals surface area contributed by atoms with Gasteiger partial charge in [-0.3, -0.25) is 4.79 Å². The van der Waals surface area contributed by atoms with Gasteiger partial charge in [-0.1, -0.05) is 37.3 Å². The Morgan fingerprint density at radius 1 is 1.18 bits per heavy atom. The van der Waals surface area contributed by atoms with Gasteiger partial charge in [-0.05, 0) is 49.8 Å². The van der Waals surface area contributed by atoms with Crippen molar-refractivity contribution < 1.29 is 24.2 Å². The molecule has 2 unspecified atom stereocenters. The molecule has 2 aromatic heterocycles. The number of hydrogen-bond donors (Lipinski definition) is 2. The molecular weight excluding hydrogens is 472 g/mol. The topological polar surface area (TPSA) is 97.8 Å². The molecule has 2 N–H and O–H groups in total. The average molecular weight is 503 g/mol. The predicted octanol–water partition coefficient (Wildman–Crippen LogP) is 5.46. The van der Waals surface area contributed by atoms with Crippen LogP contribution < -0.4 is 5.32 Å². The number of nitrogens with zero attached hydrogens (tertiary/aromatic N) is 1. The van der Waals surface area contributed by atoms with Crippen LogP contribution in [0.5, 0.6) is 0 Å². The van der Waals surface area contributed by atoms with Crippen LogP contribution in [0.25, 0.3) is 9.88 Å². The molecule has 0 saturated heterocycles. The molecule has 2 heterocycles. The molecule has 0 saturated carbocycles. The number of carboxylic acid groups (broad SMARTS) is 1. The molecule has 0 aliphatic carbocycles. The third-order valence-electron chi connectivity index (χ3n) is 4.94. The number of carboxylic acids is 1. The second-order valence-electron chi connectivity index (χ2n) is 8.06. The second-order valence-corrected chi connectivity index (χ2v) is 10.2. The minimum Gasteiger partial charge on any atom is -0.479 e. The van der Waals surface area contributed by atoms with Crippen molar-refractivity contribution in [3.8, 4) is 9.88 Å². The monoisotopic (exact) mass is 502 g/mol. The molecule has 0 radical (unpaired) electrons. The van der Waals surface area contributed by atoms with Crippen LogP contribution in [0.3, 0.4) is 0 Å². The number of carbonyl (C=O) groups is 2. The standard InChI is InChI=1S/C25H30N2O5S2/c1-5-12-31-21(22(25(29)30)32-15(2)3)18-10-8-17(9-11-18)14-26-23(28)20-16(4)34-24(27-20)19-7-6-13-33-19/h6-11,13,15,21-22H,5,12,14H2,1-4H3,(H,26,28)(H,29,30). The van der Waals surface area contributed by atoms with E-state index < -0.39 is 18.2 Å². The molecule has 3 aromatic rings. The molecule has 0 aliphatic heterocycles. The molecule has 182 valence electrons. The Morgan fingerprint density at radius 3 is 2.50 bits per heavy atom. The highest BCUT2D eigenvalue weighted by atomic mass is 32.1. The summed E-state index contributed by atoms with van der Waals surface area (Å²) in [5, 5.41) is 15.4. The van der Waals surface area contributed by atoms with Crippen molar-refractivity contribution in [3.05, 3.63) is 63.5 Å². The summed E-state index contributed by atoms with van der Waals surface area (Å²) in [5.74, 6) is -1.28. The SMILES string of the molecule is CCCOC(c1ccc(CNC(=O)c2nc(-c3cccs3)sc2C)cc1)C(OC(C)C)C(=O)O. The van der Waals surface area contributed by atoms with Crippen LogP contribution in [0.1, 0.15) is 59.8 Å². The second kappa shape index (κ2) is 12.2. The Labute approximate surface area is 207 Å². The first-order valence-electron chi connectivity index (χ1n) is 11.2. The number of aromatic nitrogens is 1. The summed E-state index contributed by atoms with van der Waals surface area (Å²) in [6, 6.07) is 11.3. The minimum absolute atomic E-state index is 0.221. The predicted molar refractivity (Wildman–Crippen MR) is 134 cm³/mol. The largest absolute Gasteiger partial charge is 0.479 e. The number of nitrogens with one attached hydrogen (secondary N) is 1. The van der Waals surface area contributed by atoms with Gasteiger partial charge in [0.2, 0.25) is 0 Å². The molecule has 0 spiro atoms. The number of thiophene rings is 1. The van der Waals surface area contributed by atoms with Gasteiger partial charge in [0.05, 0.1) is 11.0 Å². The van der Waals surface area contributed by atoms with E-state index in [-0.39, 0.29) is 12.0 Å². The van der Waals surface area contributed by atoms with Gasteiger partial charge in [0.1, 0.15) is 16.8 Å². The van der Waals surface area contributed by atoms with E-state index in [9.17, 15) is 14.7 Å². The molecule has 2 atom stereocenters. The van der Waals surface area contributed by atoms with Gasteiger partial charge in [0.15, 0.2) is 6.10 Å². The summed E-state index contributed by atoms with van der Waals surface area (Å²) in [6.07, 6.45) is -1.32. The van der Waals surface area contributed by atoms with E-state index in [2.05, 4.69) is 10.3 Å². The number of aliphatic carboxylic acids is 1. The van der Waals surface area contributed by atoms with Gasteiger partial charge >= 0.3 is 5.97 Å². The summed E-state index contributed by atoms with van der Waals surface area (Å²) < 4.78 is 11.5. The van der Waals surface area contributed by atoms with Crippen molar-refractivity contribution in [2.24, 2.45) is 0 Å². The fourth-order valence-electron chi connectivity index (χ4n) is 3.36. The lowest BCUT2D eigenvalue weighted by Crippen LogP contribution is -2.35. The third kappa shape index (κ3) is 6.73. The molecule has 1 aromatic carbocycles. The van der Waals surface area contributed by atoms with Crippen LogP contribution in [0.15, 0.2) is 41.8 Å². The molecule has 3 rings (SSSR count). The van der Waals surface area contributed by atoms with E-state index in [4.69, 9.17) is 9.47 Å². The zero-order valence-electron chi connectivity index (χ0n) is 19.7. The van der Waals surface area contributed by atoms with Crippen molar-refractivity contribution in [1.82, 2.24) is 10.3 Å². The fourth-order valence-corrected chi connectivity index (χ4v) is 5.07. The molecule has 1 amide bonds. The van der Waals surface area contributed by atoms with Gasteiger partial charge in [-0.15, -0.1) is 22.7 Å². The van der Waals surface area contributed by atoms with Crippen LogP contribution in [-0.2, 0) is 20.8 Å². The zero-order chi connectivity index (χ0) is 24.7. The number of thiazole rings is 1. The molecule has 0 fully saturated rings. The Hall–Kier alpha value is -2.59. The van der Waals surface area contributed by atoms with Crippen LogP contribution in [-0.4, -0.2) is 40.8 Å². The smallest absolute Gasteiger partial charge is 0.335 e. The lowest BCUT2D eigenvalue weighted by molar-refractivity contribution is -0.167. The number of rotatable bonds is 12. The Bertz CT molecular complexity index is 1080. The van der Waals surface area contributed by atoms with Gasteiger partial charge < -0.3 is 19.9 Å². The maximum atomic E-state index is 12.7. The van der Waals surface area contributed by atoms with E-state index in [0.717, 1.165) is 26.7 Å². The van der Waals surface area contributed by atoms with Crippen LogP contribution in [0.4, 0.5) is 0 Å². The molecule has 7 nitrogen and oxygen atoms in total. The van der Waals surface area contributed by atoms with Gasteiger partial charge in [-0.25, -0.2) is 9.78 Å². The Kier molecular flexibility index (Phi) is 9.35. The molecule has 34 heavy (non-hydrogen) atoms. The highest BCUT2D eigenvalue weighted by Gasteiger charge is 2.32. The maximum Gasteiger partial charge on any atom is 0.335 e. The molecule has 0 aliphatic rings. The number of amides is 1. The highest BCUT2D eigenvalue weighted by molar-refractivity contribution is 7.21. The lowest BCUT2D eigenvalue weighted by Gasteiger charge is -2.26. The van der Waals surface area contributed by atoms with E-state index in [1.165, 1.54) is 11.3 Å². The zero-order valence-corrected chi connectivity index (χ0v) is 21.4. The number of aryl methyl sites for hydroxylation is 1. The Morgan fingerprint density at radius 2 is 1.91 bits per heavy atom. The van der Waals surface area contributed by atoms with Crippen molar-refractivity contribution in [3.63, 3.8) is 0 Å². The van der Waals surface area contributed by atoms with Gasteiger partial charge in [0, 0.05) is 18.0 Å². The lowest BCUT2D eigenvalue weighted by atomic mass is 10.0. The first kappa shape index (κ1) is 26.0. The average Bonchev–Trinajstić information content (AvgIpc) is 3.47. The fraction of sp³-hybridized carbons (Fsp3) is 0.400. The Balaban J connectivity index is 1.68. The minimum atomic E-state index is -1.11. The first-order chi connectivity index (χ1) is 16.3. The quantitative estimate of drug-likeness (QED) is 0.341. The van der Waals surface area contributed by atoms with Crippen molar-refractivity contribution in [2.45, 2.75) is 59.0 Å². The third-order valence-corrected chi connectivity index (χ3v) is 6.95. The van der Waals surface area contributed by atoms with Crippen LogP contribution >= 0.6 is 22.7 Å². The molecular formula is C25H30N2O5S2. The molecule has 0 bridgehead atoms. The summed E-state index contributed by atoms with van der Waals surface area (Å²) in [7, 11) is 0. The summed E-state index contributed by atoms with van der Waals surface area (Å²) in [4.78, 5) is 31.0. The van der Waals surface area contributed by atoms with Crippen molar-refractivity contribution in [2.75, 3.05) is 6.61 Å². The highest BCUT2D eigenvalue weighted by Crippen LogP contribution is 2.31. The normalized spacial score (nSPS) is 13.1. The summed E-state index contributed by atoms with van der Waals surface area (Å²) in [6.45, 7) is 8.21. The summed E-state index contributed by atoms with van der Waals surface area (Å²) >= 11 is 3.10. The number of hydrogen-bond acceptors (Lipinski definition) is 7. The summed E-state index contributed by atoms with van der Waals surface area (Å²) in [5.41, 5.74) is 2.04. The van der Waals surface area contributed by atoms with Crippen molar-refractivity contribution in [1.29, 1.82) is 0 Å². The van der Waals surface area contributed by atoms with Gasteiger partial charge in [-0.2, -0.15) is 0 Å². The van der Waals surface area contributed by atoms with Crippen molar-refractivity contribution >= 4 is 34.6 Å². The van der Waals surface area contributed by atoms with E-state index in [1.807, 2.05) is 55.6 Å². The number of ether oxygens (including phenoxy) is 2. The van der Waals surface area contributed by atoms with E-state index >= 15 is 0 Å². The van der Waals surface area contributed by atoms with E-state index in [1.54, 1.807) is 25.2 Å². The number of carbonyl (C=O) groups excluding carboxylic acids is 1. The van der Waals surface area contributed by atoms with Crippen LogP contribution in [0.2, 0.25) is 0 Å². The maximum absolute atomic E-state index is 12.7. The van der Waals surface area contributed by atoms with Gasteiger partial charge in [0.25, 0.3) is 5.91 Å². The first-order valence-corrected chi connectivity index (χ1v) is 12.9. The van der Waals surface area contributed by atoms with Crippen LogP contribution in [0, 0.1) is 6.92 Å². The number of benzene rings is 1. The molecule has 9 heteroatoms. The van der Waals surface area contributed by atoms with E-state index in [0.29, 0.717) is 24.4 Å².